The van der Waals surface area contributed by atoms with Crippen molar-refractivity contribution in [2.24, 2.45) is 23.7 Å². The SMILES string of the molecule is CC(C)COc1ccc(C(=O)Nc2ccc(S(=O)(=O)NC(C)C3CC4CCC3C4)cc2)cc1. The van der Waals surface area contributed by atoms with Gasteiger partial charge in [0.25, 0.3) is 5.91 Å². The molecule has 2 saturated carbocycles. The van der Waals surface area contributed by atoms with Gasteiger partial charge in [-0.05, 0) is 98.4 Å². The van der Waals surface area contributed by atoms with E-state index >= 15 is 0 Å². The summed E-state index contributed by atoms with van der Waals surface area (Å²) in [5, 5.41) is 2.82. The van der Waals surface area contributed by atoms with Crippen LogP contribution in [-0.2, 0) is 10.0 Å². The van der Waals surface area contributed by atoms with Gasteiger partial charge >= 0.3 is 0 Å². The Hall–Kier alpha value is -2.38. The standard InChI is InChI=1S/C26H34N2O4S/c1-17(2)16-32-23-10-6-20(7-11-23)26(29)27-22-8-12-24(13-9-22)33(30,31)28-18(3)25-15-19-4-5-21(25)14-19/h6-13,17-19,21,25,28H,4-5,14-16H2,1-3H3,(H,27,29). The number of ether oxygens (including phenoxy) is 1. The van der Waals surface area contributed by atoms with Crippen LogP contribution in [0, 0.1) is 23.7 Å². The third-order valence-corrected chi connectivity index (χ3v) is 8.47. The van der Waals surface area contributed by atoms with Gasteiger partial charge in [0.1, 0.15) is 5.75 Å². The summed E-state index contributed by atoms with van der Waals surface area (Å²) in [6, 6.07) is 13.2. The number of nitrogens with one attached hydrogen (secondary N) is 2. The van der Waals surface area contributed by atoms with Crippen LogP contribution in [0.3, 0.4) is 0 Å². The number of hydrogen-bond acceptors (Lipinski definition) is 4. The zero-order valence-corrected chi connectivity index (χ0v) is 20.4. The topological polar surface area (TPSA) is 84.5 Å². The highest BCUT2D eigenvalue weighted by molar-refractivity contribution is 7.89. The summed E-state index contributed by atoms with van der Waals surface area (Å²) in [5.74, 6) is 2.75. The van der Waals surface area contributed by atoms with Crippen LogP contribution >= 0.6 is 0 Å². The number of fused-ring (bicyclic) bond motifs is 2. The van der Waals surface area contributed by atoms with Gasteiger partial charge in [0, 0.05) is 17.3 Å². The Morgan fingerprint density at radius 1 is 1.00 bits per heavy atom. The van der Waals surface area contributed by atoms with Crippen LogP contribution in [0.15, 0.2) is 53.4 Å². The zero-order chi connectivity index (χ0) is 23.6. The first-order valence-electron chi connectivity index (χ1n) is 11.9. The van der Waals surface area contributed by atoms with Crippen molar-refractivity contribution < 1.29 is 17.9 Å². The van der Waals surface area contributed by atoms with Crippen LogP contribution in [0.2, 0.25) is 0 Å². The van der Waals surface area contributed by atoms with E-state index in [1.807, 2.05) is 6.92 Å². The molecule has 0 heterocycles. The Morgan fingerprint density at radius 2 is 1.70 bits per heavy atom. The summed E-state index contributed by atoms with van der Waals surface area (Å²) in [6.07, 6.45) is 4.90. The average Bonchev–Trinajstić information content (AvgIpc) is 3.42. The molecule has 1 amide bonds. The molecular formula is C26H34N2O4S. The number of hydrogen-bond donors (Lipinski definition) is 2. The quantitative estimate of drug-likeness (QED) is 0.535. The second kappa shape index (κ2) is 9.85. The maximum atomic E-state index is 12.9. The van der Waals surface area contributed by atoms with E-state index in [0.717, 1.165) is 18.1 Å². The smallest absolute Gasteiger partial charge is 0.255 e. The zero-order valence-electron chi connectivity index (χ0n) is 19.6. The Labute approximate surface area is 197 Å². The van der Waals surface area contributed by atoms with E-state index < -0.39 is 10.0 Å². The summed E-state index contributed by atoms with van der Waals surface area (Å²) >= 11 is 0. The van der Waals surface area contributed by atoms with E-state index in [1.165, 1.54) is 31.4 Å². The fourth-order valence-electron chi connectivity index (χ4n) is 5.19. The molecular weight excluding hydrogens is 436 g/mol. The predicted molar refractivity (Wildman–Crippen MR) is 130 cm³/mol. The molecule has 2 bridgehead atoms. The highest BCUT2D eigenvalue weighted by atomic mass is 32.2. The predicted octanol–water partition coefficient (Wildman–Crippen LogP) is 5.08. The first-order chi connectivity index (χ1) is 15.7. The van der Waals surface area contributed by atoms with Gasteiger partial charge in [0.15, 0.2) is 0 Å². The lowest BCUT2D eigenvalue weighted by atomic mass is 9.84. The minimum atomic E-state index is -3.60. The summed E-state index contributed by atoms with van der Waals surface area (Å²) in [4.78, 5) is 12.8. The molecule has 0 saturated heterocycles. The second-order valence-electron chi connectivity index (χ2n) is 9.96. The number of benzene rings is 2. The van der Waals surface area contributed by atoms with E-state index in [4.69, 9.17) is 4.74 Å². The Morgan fingerprint density at radius 3 is 2.27 bits per heavy atom. The molecule has 2 aliphatic rings. The number of anilines is 1. The average molecular weight is 471 g/mol. The van der Waals surface area contributed by atoms with Crippen LogP contribution in [-0.4, -0.2) is 27.0 Å². The van der Waals surface area contributed by atoms with E-state index in [-0.39, 0.29) is 16.8 Å². The van der Waals surface area contributed by atoms with Gasteiger partial charge in [-0.25, -0.2) is 13.1 Å². The van der Waals surface area contributed by atoms with E-state index in [0.29, 0.717) is 35.6 Å². The van der Waals surface area contributed by atoms with Gasteiger partial charge in [-0.1, -0.05) is 20.3 Å². The summed E-state index contributed by atoms with van der Waals surface area (Å²) in [5.41, 5.74) is 1.05. The van der Waals surface area contributed by atoms with Gasteiger partial charge in [0.05, 0.1) is 11.5 Å². The monoisotopic (exact) mass is 470 g/mol. The Bertz CT molecular complexity index is 1060. The summed E-state index contributed by atoms with van der Waals surface area (Å²) in [6.45, 7) is 6.76. The van der Waals surface area contributed by atoms with Crippen molar-refractivity contribution in [3.8, 4) is 5.75 Å². The van der Waals surface area contributed by atoms with Crippen LogP contribution < -0.4 is 14.8 Å². The van der Waals surface area contributed by atoms with Gasteiger partial charge < -0.3 is 10.1 Å². The molecule has 178 valence electrons. The lowest BCUT2D eigenvalue weighted by molar-refractivity contribution is 0.102. The minimum absolute atomic E-state index is 0.0721. The molecule has 4 rings (SSSR count). The molecule has 2 fully saturated rings. The lowest BCUT2D eigenvalue weighted by Crippen LogP contribution is -2.40. The maximum Gasteiger partial charge on any atom is 0.255 e. The highest BCUT2D eigenvalue weighted by Crippen LogP contribution is 2.49. The van der Waals surface area contributed by atoms with Crippen LogP contribution in [0.25, 0.3) is 0 Å². The fraction of sp³-hybridized carbons (Fsp3) is 0.500. The largest absolute Gasteiger partial charge is 0.493 e. The van der Waals surface area contributed by atoms with Gasteiger partial charge in [0.2, 0.25) is 10.0 Å². The second-order valence-corrected chi connectivity index (χ2v) is 11.7. The van der Waals surface area contributed by atoms with Crippen molar-refractivity contribution >= 4 is 21.6 Å². The van der Waals surface area contributed by atoms with Crippen molar-refractivity contribution in [2.45, 2.75) is 57.4 Å². The Balaban J connectivity index is 1.34. The van der Waals surface area contributed by atoms with Crippen LogP contribution in [0.4, 0.5) is 5.69 Å². The highest BCUT2D eigenvalue weighted by Gasteiger charge is 2.42. The first-order valence-corrected chi connectivity index (χ1v) is 13.4. The molecule has 2 N–H and O–H groups in total. The van der Waals surface area contributed by atoms with Crippen molar-refractivity contribution in [3.63, 3.8) is 0 Å². The summed E-state index contributed by atoms with van der Waals surface area (Å²) in [7, 11) is -3.60. The van der Waals surface area contributed by atoms with E-state index in [9.17, 15) is 13.2 Å². The molecule has 0 aromatic heterocycles. The molecule has 33 heavy (non-hydrogen) atoms. The molecule has 0 radical (unpaired) electrons. The number of carbonyl (C=O) groups excluding carboxylic acids is 1. The molecule has 6 nitrogen and oxygen atoms in total. The third-order valence-electron chi connectivity index (χ3n) is 6.90. The van der Waals surface area contributed by atoms with Crippen LogP contribution in [0.1, 0.15) is 56.8 Å². The van der Waals surface area contributed by atoms with Crippen molar-refractivity contribution in [1.29, 1.82) is 0 Å². The number of carbonyl (C=O) groups is 1. The van der Waals surface area contributed by atoms with Gasteiger partial charge in [-0.2, -0.15) is 0 Å². The van der Waals surface area contributed by atoms with Crippen molar-refractivity contribution in [3.05, 3.63) is 54.1 Å². The fourth-order valence-corrected chi connectivity index (χ4v) is 6.49. The van der Waals surface area contributed by atoms with Gasteiger partial charge in [-0.3, -0.25) is 4.79 Å². The molecule has 4 atom stereocenters. The van der Waals surface area contributed by atoms with E-state index in [2.05, 4.69) is 23.9 Å². The molecule has 2 aliphatic carbocycles. The lowest BCUT2D eigenvalue weighted by Gasteiger charge is -2.28. The van der Waals surface area contributed by atoms with Gasteiger partial charge in [-0.15, -0.1) is 0 Å². The molecule has 2 aromatic carbocycles. The Kier molecular flexibility index (Phi) is 7.10. The minimum Gasteiger partial charge on any atom is -0.493 e. The normalized spacial score (nSPS) is 23.0. The summed E-state index contributed by atoms with van der Waals surface area (Å²) < 4.78 is 34.3. The number of rotatable bonds is 9. The number of amides is 1. The van der Waals surface area contributed by atoms with Crippen molar-refractivity contribution in [1.82, 2.24) is 4.72 Å². The van der Waals surface area contributed by atoms with E-state index in [1.54, 1.807) is 36.4 Å². The molecule has 2 aromatic rings. The molecule has 0 aliphatic heterocycles. The first kappa shape index (κ1) is 23.8. The van der Waals surface area contributed by atoms with Crippen molar-refractivity contribution in [2.75, 3.05) is 11.9 Å². The third kappa shape index (κ3) is 5.76. The maximum absolute atomic E-state index is 12.9. The molecule has 0 spiro atoms. The van der Waals surface area contributed by atoms with Crippen LogP contribution in [0.5, 0.6) is 5.75 Å². The molecule has 7 heteroatoms. The number of sulfonamides is 1. The molecule has 4 unspecified atom stereocenters.